The number of aromatic amines is 1. The number of benzene rings is 2. The van der Waals surface area contributed by atoms with Crippen molar-refractivity contribution in [3.05, 3.63) is 64.0 Å². The lowest BCUT2D eigenvalue weighted by atomic mass is 10.1. The number of H-pyrrole nitrogens is 1. The van der Waals surface area contributed by atoms with Gasteiger partial charge in [-0.25, -0.2) is 9.78 Å². The Labute approximate surface area is 169 Å². The summed E-state index contributed by atoms with van der Waals surface area (Å²) in [6.07, 6.45) is 0.564. The summed E-state index contributed by atoms with van der Waals surface area (Å²) < 4.78 is 3.34. The number of rotatable bonds is 2. The van der Waals surface area contributed by atoms with Gasteiger partial charge in [0.2, 0.25) is 0 Å². The molecule has 0 atom stereocenters. The van der Waals surface area contributed by atoms with Gasteiger partial charge in [-0.2, -0.15) is 0 Å². The molecule has 28 heavy (non-hydrogen) atoms. The molecule has 3 heterocycles. The van der Waals surface area contributed by atoms with Crippen molar-refractivity contribution in [1.29, 1.82) is 0 Å². The summed E-state index contributed by atoms with van der Waals surface area (Å²) in [5.74, 6) is 0.903. The third-order valence-corrected chi connectivity index (χ3v) is 6.19. The topological polar surface area (TPSA) is 74.2 Å². The highest BCUT2D eigenvalue weighted by Crippen LogP contribution is 2.35. The fourth-order valence-corrected chi connectivity index (χ4v) is 4.84. The fraction of sp³-hybridized carbons (Fsp3) is 0.238. The maximum atomic E-state index is 11.5. The number of hydrogen-bond donors (Lipinski definition) is 2. The predicted molar refractivity (Wildman–Crippen MR) is 112 cm³/mol. The molecule has 142 valence electrons. The Morgan fingerprint density at radius 3 is 2.79 bits per heavy atom. The van der Waals surface area contributed by atoms with Gasteiger partial charge in [0.05, 0.1) is 23.1 Å². The van der Waals surface area contributed by atoms with E-state index in [9.17, 15) is 9.90 Å². The van der Waals surface area contributed by atoms with Crippen LogP contribution in [0, 0.1) is 0 Å². The summed E-state index contributed by atoms with van der Waals surface area (Å²) >= 11 is 3.71. The molecule has 1 amide bonds. The zero-order valence-electron chi connectivity index (χ0n) is 15.2. The molecule has 0 bridgehead atoms. The number of nitrogens with zero attached hydrogens (tertiary/aromatic N) is 3. The van der Waals surface area contributed by atoms with Gasteiger partial charge < -0.3 is 19.6 Å². The minimum Gasteiger partial charge on any atom is -0.465 e. The first-order chi connectivity index (χ1) is 13.6. The van der Waals surface area contributed by atoms with Crippen molar-refractivity contribution < 1.29 is 9.90 Å². The number of amides is 1. The van der Waals surface area contributed by atoms with Crippen LogP contribution in [0.1, 0.15) is 17.1 Å². The molecule has 7 heteroatoms. The lowest BCUT2D eigenvalue weighted by Gasteiger charge is -2.16. The van der Waals surface area contributed by atoms with E-state index in [4.69, 9.17) is 4.98 Å². The largest absolute Gasteiger partial charge is 0.465 e. The second kappa shape index (κ2) is 6.67. The van der Waals surface area contributed by atoms with Gasteiger partial charge in [-0.1, -0.05) is 34.1 Å². The summed E-state index contributed by atoms with van der Waals surface area (Å²) in [7, 11) is 0. The quantitative estimate of drug-likeness (QED) is 0.486. The van der Waals surface area contributed by atoms with E-state index in [-0.39, 0.29) is 0 Å². The minimum absolute atomic E-state index is 0.510. The van der Waals surface area contributed by atoms with Crippen molar-refractivity contribution >= 4 is 44.0 Å². The summed E-state index contributed by atoms with van der Waals surface area (Å²) in [4.78, 5) is 21.1. The summed E-state index contributed by atoms with van der Waals surface area (Å²) in [6, 6.07) is 14.2. The van der Waals surface area contributed by atoms with Gasteiger partial charge in [0.25, 0.3) is 0 Å². The Kier molecular flexibility index (Phi) is 4.12. The van der Waals surface area contributed by atoms with E-state index < -0.39 is 6.09 Å². The van der Waals surface area contributed by atoms with E-state index in [0.717, 1.165) is 26.8 Å². The molecule has 1 aliphatic rings. The Morgan fingerprint density at radius 2 is 1.96 bits per heavy atom. The van der Waals surface area contributed by atoms with Crippen molar-refractivity contribution in [3.8, 4) is 0 Å². The van der Waals surface area contributed by atoms with E-state index in [1.807, 2.05) is 36.4 Å². The molecule has 0 unspecified atom stereocenters. The van der Waals surface area contributed by atoms with Crippen LogP contribution in [0.25, 0.3) is 21.9 Å². The molecule has 0 saturated carbocycles. The number of nitrogens with one attached hydrogen (secondary N) is 1. The monoisotopic (exact) mass is 438 g/mol. The maximum absolute atomic E-state index is 11.5. The number of carbonyl (C=O) groups is 1. The van der Waals surface area contributed by atoms with Crippen LogP contribution in [0.5, 0.6) is 0 Å². The van der Waals surface area contributed by atoms with Crippen molar-refractivity contribution in [2.45, 2.75) is 19.4 Å². The van der Waals surface area contributed by atoms with Crippen LogP contribution in [-0.2, 0) is 19.4 Å². The molecule has 6 nitrogen and oxygen atoms in total. The molecule has 5 rings (SSSR count). The lowest BCUT2D eigenvalue weighted by Crippen LogP contribution is -2.31. The fourth-order valence-electron chi connectivity index (χ4n) is 4.25. The zero-order valence-corrected chi connectivity index (χ0v) is 16.7. The average Bonchev–Trinajstić information content (AvgIpc) is 3.13. The Balaban J connectivity index is 1.64. The molecule has 0 fully saturated rings. The number of para-hydroxylation sites is 2. The van der Waals surface area contributed by atoms with E-state index in [1.54, 1.807) is 0 Å². The number of carboxylic acid groups (broad SMARTS) is 1. The van der Waals surface area contributed by atoms with Crippen LogP contribution >= 0.6 is 15.9 Å². The second-order valence-electron chi connectivity index (χ2n) is 7.12. The molecule has 2 aromatic heterocycles. The van der Waals surface area contributed by atoms with E-state index >= 15 is 0 Å². The Hall–Kier alpha value is -2.80. The highest BCUT2D eigenvalue weighted by atomic mass is 79.9. The van der Waals surface area contributed by atoms with Crippen molar-refractivity contribution in [2.24, 2.45) is 0 Å². The summed E-state index contributed by atoms with van der Waals surface area (Å²) in [5.41, 5.74) is 5.58. The first-order valence-electron chi connectivity index (χ1n) is 9.32. The lowest BCUT2D eigenvalue weighted by molar-refractivity contribution is 0.147. The van der Waals surface area contributed by atoms with Crippen LogP contribution in [0.2, 0.25) is 0 Å². The first-order valence-corrected chi connectivity index (χ1v) is 10.1. The van der Waals surface area contributed by atoms with Crippen molar-refractivity contribution in [1.82, 2.24) is 19.4 Å². The number of halogens is 1. The van der Waals surface area contributed by atoms with Crippen LogP contribution < -0.4 is 0 Å². The molecule has 4 aromatic rings. The number of aromatic nitrogens is 3. The van der Waals surface area contributed by atoms with Gasteiger partial charge in [-0.3, -0.25) is 0 Å². The van der Waals surface area contributed by atoms with Crippen LogP contribution in [0.3, 0.4) is 0 Å². The Morgan fingerprint density at radius 1 is 1.14 bits per heavy atom. The van der Waals surface area contributed by atoms with Gasteiger partial charge in [-0.15, -0.1) is 0 Å². The minimum atomic E-state index is -0.850. The van der Waals surface area contributed by atoms with E-state index in [1.165, 1.54) is 21.5 Å². The van der Waals surface area contributed by atoms with Crippen LogP contribution in [0.4, 0.5) is 4.79 Å². The molecule has 0 saturated heterocycles. The first kappa shape index (κ1) is 17.3. The molecular weight excluding hydrogens is 420 g/mol. The molecule has 1 aliphatic heterocycles. The SMILES string of the molecule is O=C(O)N1CCc2c(n(Cc3nc4ccccc4[nH]3)c3cccc(Br)c23)CC1. The summed E-state index contributed by atoms with van der Waals surface area (Å²) in [6.45, 7) is 1.66. The van der Waals surface area contributed by atoms with Crippen molar-refractivity contribution in [3.63, 3.8) is 0 Å². The highest BCUT2D eigenvalue weighted by molar-refractivity contribution is 9.10. The maximum Gasteiger partial charge on any atom is 0.407 e. The normalized spacial score (nSPS) is 14.4. The standard InChI is InChI=1S/C21H19BrN4O2/c22-14-4-3-7-18-20(14)13-8-10-25(21(27)28)11-9-17(13)26(18)12-19-23-15-5-1-2-6-16(15)24-19/h1-7H,8-12H2,(H,23,24)(H,27,28). The molecule has 2 aromatic carbocycles. The molecule has 0 radical (unpaired) electrons. The predicted octanol–water partition coefficient (Wildman–Crippen LogP) is 4.41. The van der Waals surface area contributed by atoms with Crippen LogP contribution in [-0.4, -0.2) is 43.7 Å². The van der Waals surface area contributed by atoms with Gasteiger partial charge in [0.1, 0.15) is 5.82 Å². The van der Waals surface area contributed by atoms with Gasteiger partial charge in [0.15, 0.2) is 0 Å². The third kappa shape index (κ3) is 2.77. The number of fused-ring (bicyclic) bond motifs is 4. The van der Waals surface area contributed by atoms with E-state index in [2.05, 4.69) is 31.5 Å². The van der Waals surface area contributed by atoms with Crippen molar-refractivity contribution in [2.75, 3.05) is 13.1 Å². The molecule has 0 spiro atoms. The second-order valence-corrected chi connectivity index (χ2v) is 7.97. The molecule has 2 N–H and O–H groups in total. The number of hydrogen-bond acceptors (Lipinski definition) is 2. The van der Waals surface area contributed by atoms with Gasteiger partial charge >= 0.3 is 6.09 Å². The van der Waals surface area contributed by atoms with Gasteiger partial charge in [-0.05, 0) is 36.2 Å². The molecule has 0 aliphatic carbocycles. The highest BCUT2D eigenvalue weighted by Gasteiger charge is 2.25. The smallest absolute Gasteiger partial charge is 0.407 e. The number of imidazole rings is 1. The van der Waals surface area contributed by atoms with Gasteiger partial charge in [0, 0.05) is 35.1 Å². The summed E-state index contributed by atoms with van der Waals surface area (Å²) in [5, 5.41) is 10.6. The molecular formula is C21H19BrN4O2. The zero-order chi connectivity index (χ0) is 19.3. The van der Waals surface area contributed by atoms with E-state index in [0.29, 0.717) is 32.5 Å². The third-order valence-electron chi connectivity index (χ3n) is 5.53. The Bertz CT molecular complexity index is 1180. The average molecular weight is 439 g/mol. The van der Waals surface area contributed by atoms with Crippen LogP contribution in [0.15, 0.2) is 46.9 Å².